The molecule has 0 bridgehead atoms. The van der Waals surface area contributed by atoms with Crippen LogP contribution in [0.5, 0.6) is 0 Å². The molecule has 1 heterocycles. The summed E-state index contributed by atoms with van der Waals surface area (Å²) in [6.45, 7) is -0.157. The fourth-order valence-corrected chi connectivity index (χ4v) is 4.17. The van der Waals surface area contributed by atoms with Crippen LogP contribution in [0.2, 0.25) is 0 Å². The van der Waals surface area contributed by atoms with Crippen molar-refractivity contribution in [2.24, 2.45) is 0 Å². The molecule has 1 saturated heterocycles. The summed E-state index contributed by atoms with van der Waals surface area (Å²) >= 11 is 2.88. The summed E-state index contributed by atoms with van der Waals surface area (Å²) in [5.41, 5.74) is -0.316. The van der Waals surface area contributed by atoms with E-state index in [4.69, 9.17) is 0 Å². The second-order valence-corrected chi connectivity index (χ2v) is 7.45. The third-order valence-corrected chi connectivity index (χ3v) is 5.98. The summed E-state index contributed by atoms with van der Waals surface area (Å²) in [5.74, 6) is -2.12. The van der Waals surface area contributed by atoms with Crippen molar-refractivity contribution in [1.82, 2.24) is 10.2 Å². The van der Waals surface area contributed by atoms with Gasteiger partial charge in [-0.15, -0.1) is 0 Å². The summed E-state index contributed by atoms with van der Waals surface area (Å²) in [6, 6.07) is -0.649. The highest BCUT2D eigenvalue weighted by molar-refractivity contribution is 9.11. The molecule has 8 heteroatoms. The average Bonchev–Trinajstić information content (AvgIpc) is 2.99. The number of carboxylic acids is 1. The molecule has 1 saturated carbocycles. The van der Waals surface area contributed by atoms with Gasteiger partial charge in [-0.1, -0.05) is 12.8 Å². The standard InChI is InChI=1S/C16H19BrF2N2O3/c17-14-10(18)5-9(6-11(14)19)12-7-20-16(3-1-2-4-16)15(24)21(12)8-13(22)23/h5,11-12,20H,1-4,6-8H2,(H,22,23)/t11?,12-/m0/s1. The normalized spacial score (nSPS) is 30.0. The van der Waals surface area contributed by atoms with Crippen LogP contribution in [0.25, 0.3) is 0 Å². The van der Waals surface area contributed by atoms with Crippen molar-refractivity contribution in [3.05, 3.63) is 22.0 Å². The Morgan fingerprint density at radius 2 is 2.12 bits per heavy atom. The third kappa shape index (κ3) is 3.01. The lowest BCUT2D eigenvalue weighted by Crippen LogP contribution is -2.68. The quantitative estimate of drug-likeness (QED) is 0.757. The van der Waals surface area contributed by atoms with E-state index in [1.807, 2.05) is 0 Å². The van der Waals surface area contributed by atoms with Gasteiger partial charge < -0.3 is 15.3 Å². The minimum Gasteiger partial charge on any atom is -0.480 e. The van der Waals surface area contributed by atoms with E-state index < -0.39 is 36.1 Å². The number of aliphatic carboxylic acids is 1. The molecule has 2 fully saturated rings. The first-order chi connectivity index (χ1) is 11.3. The molecule has 1 aliphatic heterocycles. The van der Waals surface area contributed by atoms with E-state index in [1.54, 1.807) is 0 Å². The zero-order valence-electron chi connectivity index (χ0n) is 13.0. The van der Waals surface area contributed by atoms with Gasteiger partial charge in [0.15, 0.2) is 0 Å². The molecule has 0 aromatic rings. The molecule has 0 aromatic carbocycles. The molecule has 1 amide bonds. The molecule has 1 unspecified atom stereocenters. The SMILES string of the molecule is O=C(O)CN1C(=O)C2(CCCC2)NC[C@H]1C1=CC(F)=C(Br)C(F)C1. The third-order valence-electron chi connectivity index (χ3n) is 5.10. The smallest absolute Gasteiger partial charge is 0.323 e. The molecule has 3 rings (SSSR count). The first-order valence-electron chi connectivity index (χ1n) is 8.02. The Balaban J connectivity index is 1.91. The Kier molecular flexibility index (Phi) is 4.79. The Bertz CT molecular complexity index is 629. The van der Waals surface area contributed by atoms with Crippen LogP contribution in [0.4, 0.5) is 8.78 Å². The lowest BCUT2D eigenvalue weighted by Gasteiger charge is -2.46. The van der Waals surface area contributed by atoms with Gasteiger partial charge in [0, 0.05) is 13.0 Å². The van der Waals surface area contributed by atoms with Gasteiger partial charge >= 0.3 is 5.97 Å². The number of nitrogens with one attached hydrogen (secondary N) is 1. The molecule has 0 radical (unpaired) electrons. The number of allylic oxidation sites excluding steroid dienone is 3. The zero-order chi connectivity index (χ0) is 17.5. The number of halogens is 3. The van der Waals surface area contributed by atoms with Crippen LogP contribution in [0.1, 0.15) is 32.1 Å². The van der Waals surface area contributed by atoms with Crippen LogP contribution < -0.4 is 5.32 Å². The number of piperazine rings is 1. The van der Waals surface area contributed by atoms with Gasteiger partial charge in [-0.3, -0.25) is 9.59 Å². The number of carboxylic acid groups (broad SMARTS) is 1. The molecule has 5 nitrogen and oxygen atoms in total. The number of hydrogen-bond donors (Lipinski definition) is 2. The van der Waals surface area contributed by atoms with Crippen LogP contribution in [0.15, 0.2) is 22.0 Å². The highest BCUT2D eigenvalue weighted by Crippen LogP contribution is 2.38. The van der Waals surface area contributed by atoms with Crippen molar-refractivity contribution >= 4 is 27.8 Å². The highest BCUT2D eigenvalue weighted by Gasteiger charge is 2.50. The summed E-state index contributed by atoms with van der Waals surface area (Å²) in [4.78, 5) is 25.4. The average molecular weight is 405 g/mol. The van der Waals surface area contributed by atoms with Crippen molar-refractivity contribution in [3.8, 4) is 0 Å². The van der Waals surface area contributed by atoms with Crippen molar-refractivity contribution in [1.29, 1.82) is 0 Å². The van der Waals surface area contributed by atoms with Gasteiger partial charge in [0.25, 0.3) is 0 Å². The van der Waals surface area contributed by atoms with E-state index in [9.17, 15) is 23.5 Å². The fraction of sp³-hybridized carbons (Fsp3) is 0.625. The maximum absolute atomic E-state index is 14.0. The minimum atomic E-state index is -1.52. The van der Waals surface area contributed by atoms with Crippen molar-refractivity contribution in [2.75, 3.05) is 13.1 Å². The molecule has 0 aromatic heterocycles. The highest BCUT2D eigenvalue weighted by atomic mass is 79.9. The predicted octanol–water partition coefficient (Wildman–Crippen LogP) is 2.43. The van der Waals surface area contributed by atoms with E-state index >= 15 is 0 Å². The lowest BCUT2D eigenvalue weighted by atomic mass is 9.86. The molecule has 1 spiro atoms. The number of carbonyl (C=O) groups excluding carboxylic acids is 1. The van der Waals surface area contributed by atoms with Gasteiger partial charge in [-0.25, -0.2) is 8.78 Å². The second kappa shape index (κ2) is 6.55. The number of amides is 1. The predicted molar refractivity (Wildman–Crippen MR) is 87.0 cm³/mol. The van der Waals surface area contributed by atoms with Crippen LogP contribution in [0, 0.1) is 0 Å². The van der Waals surface area contributed by atoms with Crippen molar-refractivity contribution in [2.45, 2.75) is 49.9 Å². The maximum Gasteiger partial charge on any atom is 0.323 e. The Labute approximate surface area is 146 Å². The van der Waals surface area contributed by atoms with Crippen LogP contribution in [-0.4, -0.2) is 52.7 Å². The van der Waals surface area contributed by atoms with E-state index in [-0.39, 0.29) is 16.8 Å². The monoisotopic (exact) mass is 404 g/mol. The van der Waals surface area contributed by atoms with E-state index in [1.165, 1.54) is 11.0 Å². The second-order valence-electron chi connectivity index (χ2n) is 6.60. The number of rotatable bonds is 3. The van der Waals surface area contributed by atoms with Gasteiger partial charge in [0.05, 0.1) is 16.1 Å². The zero-order valence-corrected chi connectivity index (χ0v) is 14.6. The molecule has 2 aliphatic carbocycles. The van der Waals surface area contributed by atoms with E-state index in [0.29, 0.717) is 25.0 Å². The maximum atomic E-state index is 14.0. The summed E-state index contributed by atoms with van der Waals surface area (Å²) in [6.07, 6.45) is 2.78. The summed E-state index contributed by atoms with van der Waals surface area (Å²) in [7, 11) is 0. The molecule has 132 valence electrons. The van der Waals surface area contributed by atoms with Crippen LogP contribution in [-0.2, 0) is 9.59 Å². The molecular formula is C16H19BrF2N2O3. The van der Waals surface area contributed by atoms with Crippen molar-refractivity contribution < 1.29 is 23.5 Å². The number of alkyl halides is 1. The fourth-order valence-electron chi connectivity index (χ4n) is 3.89. The number of carbonyl (C=O) groups is 2. The Morgan fingerprint density at radius 3 is 2.71 bits per heavy atom. The van der Waals surface area contributed by atoms with Crippen LogP contribution in [0.3, 0.4) is 0 Å². The Morgan fingerprint density at radius 1 is 1.46 bits per heavy atom. The molecular weight excluding hydrogens is 386 g/mol. The van der Waals surface area contributed by atoms with Crippen LogP contribution >= 0.6 is 15.9 Å². The van der Waals surface area contributed by atoms with E-state index in [2.05, 4.69) is 21.2 Å². The largest absolute Gasteiger partial charge is 0.480 e. The first-order valence-corrected chi connectivity index (χ1v) is 8.81. The Hall–Kier alpha value is -1.28. The topological polar surface area (TPSA) is 69.6 Å². The first kappa shape index (κ1) is 17.5. The molecule has 2 atom stereocenters. The molecule has 2 N–H and O–H groups in total. The summed E-state index contributed by atoms with van der Waals surface area (Å²) < 4.78 is 27.7. The minimum absolute atomic E-state index is 0.0588. The number of nitrogens with zero attached hydrogens (tertiary/aromatic N) is 1. The van der Waals surface area contributed by atoms with Crippen molar-refractivity contribution in [3.63, 3.8) is 0 Å². The van der Waals surface area contributed by atoms with Gasteiger partial charge in [0.2, 0.25) is 5.91 Å². The van der Waals surface area contributed by atoms with Gasteiger partial charge in [-0.2, -0.15) is 0 Å². The molecule has 24 heavy (non-hydrogen) atoms. The van der Waals surface area contributed by atoms with Gasteiger partial charge in [-0.05, 0) is 40.4 Å². The van der Waals surface area contributed by atoms with E-state index in [0.717, 1.165) is 12.8 Å². The number of hydrogen-bond acceptors (Lipinski definition) is 3. The summed E-state index contributed by atoms with van der Waals surface area (Å²) in [5, 5.41) is 12.4. The lowest BCUT2D eigenvalue weighted by molar-refractivity contribution is -0.152. The molecule has 3 aliphatic rings. The van der Waals surface area contributed by atoms with Gasteiger partial charge in [0.1, 0.15) is 18.5 Å².